The van der Waals surface area contributed by atoms with Crippen molar-refractivity contribution in [3.8, 4) is 0 Å². The summed E-state index contributed by atoms with van der Waals surface area (Å²) in [5.74, 6) is -0.230. The van der Waals surface area contributed by atoms with Gasteiger partial charge in [0.05, 0.1) is 19.3 Å². The standard InChI is InChI=1S/C31H34BrFN2O2/c1-21-2-4-23(5-3-21)30(24-8-12-26(33)13-9-24)34-31(36)28-15-14-27(35-16-18-37-19-17-35)20-29(28)22-6-10-25(32)11-7-22/h2-13,27-30H,14-20H2,1H3,(H,34,36)/t27-,28-,29+,30?/m1/s1. The van der Waals surface area contributed by atoms with Gasteiger partial charge in [0.2, 0.25) is 5.91 Å². The van der Waals surface area contributed by atoms with Gasteiger partial charge < -0.3 is 10.1 Å². The second kappa shape index (κ2) is 11.9. The van der Waals surface area contributed by atoms with E-state index in [1.54, 1.807) is 12.1 Å². The van der Waals surface area contributed by atoms with Crippen LogP contribution in [0.3, 0.4) is 0 Å². The molecule has 1 amide bonds. The molecule has 1 saturated carbocycles. The molecular formula is C31H34BrFN2O2. The van der Waals surface area contributed by atoms with Crippen molar-refractivity contribution in [1.29, 1.82) is 0 Å². The highest BCUT2D eigenvalue weighted by molar-refractivity contribution is 9.10. The van der Waals surface area contributed by atoms with Gasteiger partial charge in [0.25, 0.3) is 0 Å². The van der Waals surface area contributed by atoms with Crippen LogP contribution in [-0.2, 0) is 9.53 Å². The number of aryl methyl sites for hydroxylation is 1. The number of amides is 1. The molecule has 5 rings (SSSR count). The van der Waals surface area contributed by atoms with Crippen LogP contribution in [0.25, 0.3) is 0 Å². The number of carbonyl (C=O) groups excluding carboxylic acids is 1. The molecule has 1 aliphatic carbocycles. The average molecular weight is 566 g/mol. The summed E-state index contributed by atoms with van der Waals surface area (Å²) in [6.45, 7) is 5.51. The van der Waals surface area contributed by atoms with E-state index in [-0.39, 0.29) is 29.6 Å². The van der Waals surface area contributed by atoms with Crippen molar-refractivity contribution in [1.82, 2.24) is 10.2 Å². The second-order valence-electron chi connectivity index (χ2n) is 10.3. The lowest BCUT2D eigenvalue weighted by molar-refractivity contribution is -0.127. The Bertz CT molecular complexity index is 1130. The predicted octanol–water partition coefficient (Wildman–Crippen LogP) is 6.39. The Balaban J connectivity index is 1.41. The lowest BCUT2D eigenvalue weighted by atomic mass is 9.72. The average Bonchev–Trinajstić information content (AvgIpc) is 2.93. The molecule has 4 nitrogen and oxygen atoms in total. The van der Waals surface area contributed by atoms with Gasteiger partial charge in [0.15, 0.2) is 0 Å². The van der Waals surface area contributed by atoms with Crippen LogP contribution >= 0.6 is 15.9 Å². The topological polar surface area (TPSA) is 41.6 Å². The molecule has 2 fully saturated rings. The molecule has 0 spiro atoms. The molecule has 2 aliphatic rings. The van der Waals surface area contributed by atoms with Gasteiger partial charge in [-0.25, -0.2) is 4.39 Å². The van der Waals surface area contributed by atoms with Crippen LogP contribution in [0, 0.1) is 18.7 Å². The number of hydrogen-bond acceptors (Lipinski definition) is 3. The smallest absolute Gasteiger partial charge is 0.224 e. The van der Waals surface area contributed by atoms with E-state index in [4.69, 9.17) is 4.74 Å². The monoisotopic (exact) mass is 564 g/mol. The minimum absolute atomic E-state index is 0.0586. The maximum atomic E-state index is 14.0. The lowest BCUT2D eigenvalue weighted by Crippen LogP contribution is -2.48. The van der Waals surface area contributed by atoms with Gasteiger partial charge in [0, 0.05) is 29.5 Å². The highest BCUT2D eigenvalue weighted by Crippen LogP contribution is 2.41. The van der Waals surface area contributed by atoms with Crippen LogP contribution in [0.4, 0.5) is 4.39 Å². The van der Waals surface area contributed by atoms with Gasteiger partial charge in [-0.2, -0.15) is 0 Å². The summed E-state index contributed by atoms with van der Waals surface area (Å²) in [6, 6.07) is 23.2. The van der Waals surface area contributed by atoms with Gasteiger partial charge in [-0.1, -0.05) is 70.0 Å². The molecule has 37 heavy (non-hydrogen) atoms. The normalized spacial score (nSPS) is 23.4. The minimum atomic E-state index is -0.337. The highest BCUT2D eigenvalue weighted by atomic mass is 79.9. The third-order valence-corrected chi connectivity index (χ3v) is 8.45. The number of nitrogens with zero attached hydrogens (tertiary/aromatic N) is 1. The Morgan fingerprint density at radius 1 is 0.946 bits per heavy atom. The van der Waals surface area contributed by atoms with E-state index in [9.17, 15) is 9.18 Å². The molecular weight excluding hydrogens is 531 g/mol. The molecule has 1 N–H and O–H groups in total. The zero-order valence-electron chi connectivity index (χ0n) is 21.2. The Hall–Kier alpha value is -2.54. The first-order valence-electron chi connectivity index (χ1n) is 13.2. The van der Waals surface area contributed by atoms with Gasteiger partial charge in [-0.15, -0.1) is 0 Å². The number of benzene rings is 3. The summed E-state index contributed by atoms with van der Waals surface area (Å²) in [7, 11) is 0. The highest BCUT2D eigenvalue weighted by Gasteiger charge is 2.39. The number of morpholine rings is 1. The number of rotatable bonds is 6. The molecule has 1 aliphatic heterocycles. The maximum absolute atomic E-state index is 14.0. The Morgan fingerprint density at radius 3 is 2.22 bits per heavy atom. The fourth-order valence-corrected chi connectivity index (χ4v) is 6.10. The Labute approximate surface area is 227 Å². The van der Waals surface area contributed by atoms with E-state index in [0.29, 0.717) is 6.04 Å². The summed E-state index contributed by atoms with van der Waals surface area (Å²) in [5.41, 5.74) is 4.23. The minimum Gasteiger partial charge on any atom is -0.379 e. The van der Waals surface area contributed by atoms with E-state index in [2.05, 4.69) is 62.5 Å². The molecule has 3 aromatic carbocycles. The SMILES string of the molecule is Cc1ccc(C(NC(=O)[C@@H]2CC[C@@H](N3CCOCC3)C[C@H]2c2ccc(Br)cc2)c2ccc(F)cc2)cc1. The molecule has 194 valence electrons. The second-order valence-corrected chi connectivity index (χ2v) is 11.2. The molecule has 1 heterocycles. The van der Waals surface area contributed by atoms with Crippen LogP contribution < -0.4 is 5.32 Å². The Morgan fingerprint density at radius 2 is 1.57 bits per heavy atom. The van der Waals surface area contributed by atoms with Gasteiger partial charge in [-0.05, 0) is 73.1 Å². The zero-order valence-corrected chi connectivity index (χ0v) is 22.8. The van der Waals surface area contributed by atoms with Gasteiger partial charge >= 0.3 is 0 Å². The van der Waals surface area contributed by atoms with Crippen molar-refractivity contribution in [2.24, 2.45) is 5.92 Å². The number of hydrogen-bond donors (Lipinski definition) is 1. The van der Waals surface area contributed by atoms with E-state index in [1.165, 1.54) is 17.7 Å². The third-order valence-electron chi connectivity index (χ3n) is 7.92. The van der Waals surface area contributed by atoms with E-state index >= 15 is 0 Å². The van der Waals surface area contributed by atoms with Crippen molar-refractivity contribution in [3.63, 3.8) is 0 Å². The number of nitrogens with one attached hydrogen (secondary N) is 1. The number of halogens is 2. The molecule has 4 atom stereocenters. The summed E-state index contributed by atoms with van der Waals surface area (Å²) in [4.78, 5) is 16.5. The van der Waals surface area contributed by atoms with Gasteiger partial charge in [-0.3, -0.25) is 9.69 Å². The van der Waals surface area contributed by atoms with Crippen molar-refractivity contribution in [2.45, 2.75) is 44.2 Å². The molecule has 1 unspecified atom stereocenters. The van der Waals surface area contributed by atoms with E-state index in [1.807, 2.05) is 19.1 Å². The zero-order chi connectivity index (χ0) is 25.8. The third kappa shape index (κ3) is 6.31. The molecule has 0 radical (unpaired) electrons. The van der Waals surface area contributed by atoms with Crippen LogP contribution in [0.1, 0.15) is 53.5 Å². The van der Waals surface area contributed by atoms with E-state index < -0.39 is 0 Å². The fourth-order valence-electron chi connectivity index (χ4n) is 5.84. The van der Waals surface area contributed by atoms with Crippen LogP contribution in [0.2, 0.25) is 0 Å². The quantitative estimate of drug-likeness (QED) is 0.377. The predicted molar refractivity (Wildman–Crippen MR) is 148 cm³/mol. The first kappa shape index (κ1) is 26.1. The lowest BCUT2D eigenvalue weighted by Gasteiger charge is -2.42. The summed E-state index contributed by atoms with van der Waals surface area (Å²) >= 11 is 3.55. The first-order valence-corrected chi connectivity index (χ1v) is 14.0. The number of carbonyl (C=O) groups is 1. The Kier molecular flexibility index (Phi) is 8.38. The fraction of sp³-hybridized carbons (Fsp3) is 0.387. The van der Waals surface area contributed by atoms with Crippen LogP contribution in [-0.4, -0.2) is 43.2 Å². The molecule has 6 heteroatoms. The van der Waals surface area contributed by atoms with Crippen molar-refractivity contribution in [2.75, 3.05) is 26.3 Å². The van der Waals surface area contributed by atoms with E-state index in [0.717, 1.165) is 66.7 Å². The molecule has 1 saturated heterocycles. The van der Waals surface area contributed by atoms with Crippen LogP contribution in [0.5, 0.6) is 0 Å². The molecule has 0 aromatic heterocycles. The number of ether oxygens (including phenoxy) is 1. The largest absolute Gasteiger partial charge is 0.379 e. The first-order chi connectivity index (χ1) is 18.0. The van der Waals surface area contributed by atoms with Crippen LogP contribution in [0.15, 0.2) is 77.3 Å². The maximum Gasteiger partial charge on any atom is 0.224 e. The van der Waals surface area contributed by atoms with Crippen molar-refractivity contribution < 1.29 is 13.9 Å². The summed E-state index contributed by atoms with van der Waals surface area (Å²) < 4.78 is 20.3. The molecule has 0 bridgehead atoms. The van der Waals surface area contributed by atoms with Crippen molar-refractivity contribution >= 4 is 21.8 Å². The van der Waals surface area contributed by atoms with Gasteiger partial charge in [0.1, 0.15) is 5.82 Å². The van der Waals surface area contributed by atoms with Crippen molar-refractivity contribution in [3.05, 3.63) is 105 Å². The summed E-state index contributed by atoms with van der Waals surface area (Å²) in [6.07, 6.45) is 2.78. The molecule has 3 aromatic rings. The summed E-state index contributed by atoms with van der Waals surface area (Å²) in [5, 5.41) is 3.36.